The molecule has 34 heavy (non-hydrogen) atoms. The Labute approximate surface area is 208 Å². The highest BCUT2D eigenvalue weighted by atomic mass is 79.9. The zero-order valence-electron chi connectivity index (χ0n) is 18.3. The Bertz CT molecular complexity index is 1160. The molecule has 1 saturated heterocycles. The van der Waals surface area contributed by atoms with E-state index in [0.29, 0.717) is 22.3 Å². The van der Waals surface area contributed by atoms with Crippen LogP contribution in [-0.2, 0) is 14.4 Å². The standard InChI is InChI=1S/C23H21BrN2O7S/c1-3-32-17-9-14(8-16(24)21(17)33-12-20(28)29)10-18-22(30)26(23(31)34-18)11-19(27)25-15-6-4-13(2)5-7-15/h4-10H,3,11-12H2,1-2H3,(H,25,27)(H,28,29). The van der Waals surface area contributed by atoms with Gasteiger partial charge in [-0.3, -0.25) is 19.3 Å². The summed E-state index contributed by atoms with van der Waals surface area (Å²) in [6.45, 7) is 3.01. The van der Waals surface area contributed by atoms with Crippen LogP contribution >= 0.6 is 27.7 Å². The summed E-state index contributed by atoms with van der Waals surface area (Å²) in [5.41, 5.74) is 2.12. The van der Waals surface area contributed by atoms with Crippen molar-refractivity contribution in [1.82, 2.24) is 4.90 Å². The lowest BCUT2D eigenvalue weighted by Crippen LogP contribution is -2.36. The molecule has 3 rings (SSSR count). The number of aryl methyl sites for hydroxylation is 1. The van der Waals surface area contributed by atoms with Crippen molar-refractivity contribution in [2.45, 2.75) is 13.8 Å². The topological polar surface area (TPSA) is 122 Å². The van der Waals surface area contributed by atoms with Crippen LogP contribution in [0.25, 0.3) is 6.08 Å². The van der Waals surface area contributed by atoms with Crippen molar-refractivity contribution in [3.8, 4) is 11.5 Å². The van der Waals surface area contributed by atoms with E-state index in [9.17, 15) is 19.2 Å². The van der Waals surface area contributed by atoms with Gasteiger partial charge in [0, 0.05) is 5.69 Å². The Morgan fingerprint density at radius 3 is 2.53 bits per heavy atom. The molecule has 1 aliphatic heterocycles. The Kier molecular flexibility index (Phi) is 8.35. The lowest BCUT2D eigenvalue weighted by molar-refractivity contribution is -0.139. The molecule has 0 bridgehead atoms. The predicted octanol–water partition coefficient (Wildman–Crippen LogP) is 4.29. The van der Waals surface area contributed by atoms with Gasteiger partial charge in [0.1, 0.15) is 6.54 Å². The van der Waals surface area contributed by atoms with Crippen molar-refractivity contribution in [2.24, 2.45) is 0 Å². The first-order valence-electron chi connectivity index (χ1n) is 10.1. The quantitative estimate of drug-likeness (QED) is 0.445. The number of carbonyl (C=O) groups excluding carboxylic acids is 3. The highest BCUT2D eigenvalue weighted by molar-refractivity contribution is 9.10. The van der Waals surface area contributed by atoms with Gasteiger partial charge in [-0.2, -0.15) is 0 Å². The van der Waals surface area contributed by atoms with Crippen molar-refractivity contribution >= 4 is 62.5 Å². The van der Waals surface area contributed by atoms with E-state index in [1.807, 2.05) is 19.1 Å². The number of benzene rings is 2. The van der Waals surface area contributed by atoms with E-state index < -0.39 is 36.2 Å². The third-order valence-electron chi connectivity index (χ3n) is 4.48. The Balaban J connectivity index is 1.76. The van der Waals surface area contributed by atoms with Crippen LogP contribution in [-0.4, -0.2) is 52.8 Å². The van der Waals surface area contributed by atoms with Crippen molar-refractivity contribution in [3.05, 3.63) is 56.9 Å². The zero-order valence-corrected chi connectivity index (χ0v) is 20.7. The summed E-state index contributed by atoms with van der Waals surface area (Å²) in [5.74, 6) is -1.73. The molecule has 11 heteroatoms. The minimum atomic E-state index is -1.14. The number of nitrogens with one attached hydrogen (secondary N) is 1. The number of rotatable bonds is 9. The second-order valence-electron chi connectivity index (χ2n) is 7.13. The van der Waals surface area contributed by atoms with E-state index in [1.165, 1.54) is 6.08 Å². The summed E-state index contributed by atoms with van der Waals surface area (Å²) in [7, 11) is 0. The molecular weight excluding hydrogens is 528 g/mol. The summed E-state index contributed by atoms with van der Waals surface area (Å²) < 4.78 is 11.3. The summed E-state index contributed by atoms with van der Waals surface area (Å²) in [6.07, 6.45) is 1.50. The third-order valence-corrected chi connectivity index (χ3v) is 5.98. The number of hydrogen-bond donors (Lipinski definition) is 2. The van der Waals surface area contributed by atoms with Crippen LogP contribution in [0.2, 0.25) is 0 Å². The number of imide groups is 1. The summed E-state index contributed by atoms with van der Waals surface area (Å²) in [6, 6.07) is 10.3. The number of anilines is 1. The fraction of sp³-hybridized carbons (Fsp3) is 0.217. The van der Waals surface area contributed by atoms with Crippen molar-refractivity contribution in [2.75, 3.05) is 25.1 Å². The van der Waals surface area contributed by atoms with E-state index in [4.69, 9.17) is 14.6 Å². The maximum Gasteiger partial charge on any atom is 0.341 e. The molecule has 0 aromatic heterocycles. The summed E-state index contributed by atoms with van der Waals surface area (Å²) >= 11 is 4.05. The van der Waals surface area contributed by atoms with Crippen LogP contribution in [0.5, 0.6) is 11.5 Å². The van der Waals surface area contributed by atoms with Gasteiger partial charge in [-0.05, 0) is 77.4 Å². The molecule has 1 fully saturated rings. The van der Waals surface area contributed by atoms with Crippen molar-refractivity contribution in [3.63, 3.8) is 0 Å². The van der Waals surface area contributed by atoms with Crippen LogP contribution in [0.15, 0.2) is 45.8 Å². The van der Waals surface area contributed by atoms with Gasteiger partial charge in [0.2, 0.25) is 5.91 Å². The van der Waals surface area contributed by atoms with Crippen molar-refractivity contribution in [1.29, 1.82) is 0 Å². The Hall–Kier alpha value is -3.31. The normalized spacial score (nSPS) is 14.4. The predicted molar refractivity (Wildman–Crippen MR) is 131 cm³/mol. The molecule has 2 aromatic rings. The molecule has 3 amide bonds. The molecule has 2 N–H and O–H groups in total. The molecular formula is C23H21BrN2O7S. The van der Waals surface area contributed by atoms with Gasteiger partial charge in [0.25, 0.3) is 11.1 Å². The van der Waals surface area contributed by atoms with Crippen LogP contribution in [0.4, 0.5) is 10.5 Å². The number of nitrogens with zero attached hydrogens (tertiary/aromatic N) is 1. The lowest BCUT2D eigenvalue weighted by atomic mass is 10.2. The largest absolute Gasteiger partial charge is 0.490 e. The molecule has 0 atom stereocenters. The third kappa shape index (κ3) is 6.39. The van der Waals surface area contributed by atoms with Crippen LogP contribution in [0.3, 0.4) is 0 Å². The van der Waals surface area contributed by atoms with Gasteiger partial charge in [0.15, 0.2) is 18.1 Å². The minimum absolute atomic E-state index is 0.140. The number of carboxylic acids is 1. The van der Waals surface area contributed by atoms with Crippen molar-refractivity contribution < 1.29 is 33.8 Å². The van der Waals surface area contributed by atoms with E-state index in [-0.39, 0.29) is 16.4 Å². The second kappa shape index (κ2) is 11.2. The Morgan fingerprint density at radius 1 is 1.18 bits per heavy atom. The van der Waals surface area contributed by atoms with E-state index >= 15 is 0 Å². The molecule has 2 aromatic carbocycles. The molecule has 1 heterocycles. The molecule has 1 aliphatic rings. The minimum Gasteiger partial charge on any atom is -0.490 e. The summed E-state index contributed by atoms with van der Waals surface area (Å²) in [4.78, 5) is 49.4. The first-order valence-corrected chi connectivity index (χ1v) is 11.7. The second-order valence-corrected chi connectivity index (χ2v) is 8.97. The molecule has 0 spiro atoms. The molecule has 0 aliphatic carbocycles. The highest BCUT2D eigenvalue weighted by Gasteiger charge is 2.36. The first kappa shape index (κ1) is 25.3. The van der Waals surface area contributed by atoms with E-state index in [2.05, 4.69) is 21.2 Å². The smallest absolute Gasteiger partial charge is 0.341 e. The fourth-order valence-electron chi connectivity index (χ4n) is 2.98. The van der Waals surface area contributed by atoms with Crippen LogP contribution < -0.4 is 14.8 Å². The SMILES string of the molecule is CCOc1cc(C=C2SC(=O)N(CC(=O)Nc3ccc(C)cc3)C2=O)cc(Br)c1OCC(=O)O. The van der Waals surface area contributed by atoms with Gasteiger partial charge < -0.3 is 19.9 Å². The van der Waals surface area contributed by atoms with Gasteiger partial charge >= 0.3 is 5.97 Å². The lowest BCUT2D eigenvalue weighted by Gasteiger charge is -2.14. The van der Waals surface area contributed by atoms with E-state index in [1.54, 1.807) is 31.2 Å². The van der Waals surface area contributed by atoms with E-state index in [0.717, 1.165) is 22.2 Å². The first-order chi connectivity index (χ1) is 16.2. The maximum atomic E-state index is 12.8. The van der Waals surface area contributed by atoms with Gasteiger partial charge in [0.05, 0.1) is 16.0 Å². The number of aliphatic carboxylic acids is 1. The molecule has 0 saturated carbocycles. The number of hydrogen-bond acceptors (Lipinski definition) is 7. The molecule has 178 valence electrons. The Morgan fingerprint density at radius 2 is 1.88 bits per heavy atom. The van der Waals surface area contributed by atoms with Crippen LogP contribution in [0, 0.1) is 6.92 Å². The summed E-state index contributed by atoms with van der Waals surface area (Å²) in [5, 5.41) is 11.0. The van der Waals surface area contributed by atoms with Gasteiger partial charge in [-0.15, -0.1) is 0 Å². The fourth-order valence-corrected chi connectivity index (χ4v) is 4.39. The number of carbonyl (C=O) groups is 4. The number of carboxylic acid groups (broad SMARTS) is 1. The average molecular weight is 549 g/mol. The number of thioether (sulfide) groups is 1. The number of ether oxygens (including phenoxy) is 2. The molecule has 0 unspecified atom stereocenters. The van der Waals surface area contributed by atoms with Gasteiger partial charge in [-0.25, -0.2) is 4.79 Å². The maximum absolute atomic E-state index is 12.8. The van der Waals surface area contributed by atoms with Gasteiger partial charge in [-0.1, -0.05) is 17.7 Å². The number of halogens is 1. The average Bonchev–Trinajstić information content (AvgIpc) is 3.02. The zero-order chi connectivity index (χ0) is 24.8. The molecule has 9 nitrogen and oxygen atoms in total. The molecule has 0 radical (unpaired) electrons. The highest BCUT2D eigenvalue weighted by Crippen LogP contribution is 2.39. The van der Waals surface area contributed by atoms with Crippen LogP contribution in [0.1, 0.15) is 18.1 Å². The monoisotopic (exact) mass is 548 g/mol. The number of amides is 3.